The van der Waals surface area contributed by atoms with Crippen molar-refractivity contribution in [3.05, 3.63) is 131 Å². The van der Waals surface area contributed by atoms with Gasteiger partial charge in [-0.25, -0.2) is 9.59 Å². The van der Waals surface area contributed by atoms with Crippen molar-refractivity contribution in [1.29, 1.82) is 0 Å². The number of piperidine rings is 1. The molecule has 8 nitrogen and oxygen atoms in total. The maximum absolute atomic E-state index is 14.4. The van der Waals surface area contributed by atoms with E-state index >= 15 is 0 Å². The Morgan fingerprint density at radius 1 is 0.774 bits per heavy atom. The lowest BCUT2D eigenvalue weighted by Crippen LogP contribution is -2.58. The highest BCUT2D eigenvalue weighted by atomic mass is 16.7. The van der Waals surface area contributed by atoms with Crippen molar-refractivity contribution in [1.82, 2.24) is 5.06 Å². The van der Waals surface area contributed by atoms with Crippen LogP contribution in [-0.4, -0.2) is 53.1 Å². The number of anilines is 1. The Hall–Kier alpha value is -5.18. The first kappa shape index (κ1) is 34.9. The Morgan fingerprint density at radius 2 is 1.42 bits per heavy atom. The average Bonchev–Trinajstić information content (AvgIpc) is 3.68. The number of aromatic carboxylic acids is 1. The second-order valence-electron chi connectivity index (χ2n) is 15.8. The minimum atomic E-state index is -1.02. The van der Waals surface area contributed by atoms with E-state index in [0.29, 0.717) is 31.2 Å². The van der Waals surface area contributed by atoms with Crippen molar-refractivity contribution in [2.75, 3.05) is 24.7 Å². The quantitative estimate of drug-likeness (QED) is 0.163. The Kier molecular flexibility index (Phi) is 8.99. The molecule has 0 aromatic heterocycles. The molecule has 0 radical (unpaired) electrons. The number of hydrogen-bond donors (Lipinski definition) is 1. The molecule has 3 aliphatic rings. The monoisotopic (exact) mass is 710 g/mol. The second-order valence-corrected chi connectivity index (χ2v) is 15.8. The number of carbonyl (C=O) groups is 2. The second kappa shape index (κ2) is 13.7. The van der Waals surface area contributed by atoms with Gasteiger partial charge < -0.3 is 14.6 Å². The van der Waals surface area contributed by atoms with Crippen LogP contribution in [0.1, 0.15) is 91.4 Å². The molecular formula is C45H46N2O6. The smallest absolute Gasteiger partial charge is 0.414 e. The van der Waals surface area contributed by atoms with Crippen LogP contribution in [0.2, 0.25) is 0 Å². The van der Waals surface area contributed by atoms with Crippen LogP contribution < -0.4 is 9.64 Å². The molecule has 5 aromatic rings. The molecule has 8 heteroatoms. The number of ether oxygens (including phenoxy) is 2. The molecule has 8 rings (SSSR count). The van der Waals surface area contributed by atoms with Gasteiger partial charge in [0, 0.05) is 40.9 Å². The third-order valence-corrected chi connectivity index (χ3v) is 11.3. The third-order valence-electron chi connectivity index (χ3n) is 11.3. The zero-order chi connectivity index (χ0) is 36.9. The first-order valence-corrected chi connectivity index (χ1v) is 18.6. The number of benzene rings is 5. The van der Waals surface area contributed by atoms with E-state index in [9.17, 15) is 14.7 Å². The molecule has 5 aromatic carbocycles. The lowest BCUT2D eigenvalue weighted by Gasteiger charge is -2.51. The van der Waals surface area contributed by atoms with E-state index in [-0.39, 0.29) is 35.1 Å². The molecule has 0 saturated carbocycles. The van der Waals surface area contributed by atoms with Crippen molar-refractivity contribution in [3.8, 4) is 16.9 Å². The summed E-state index contributed by atoms with van der Waals surface area (Å²) in [6.45, 7) is 9.97. The lowest BCUT2D eigenvalue weighted by molar-refractivity contribution is -0.282. The number of hydroxylamine groups is 2. The van der Waals surface area contributed by atoms with Gasteiger partial charge >= 0.3 is 12.1 Å². The molecule has 0 bridgehead atoms. The molecule has 2 heterocycles. The van der Waals surface area contributed by atoms with Crippen molar-refractivity contribution < 1.29 is 29.0 Å². The zero-order valence-electron chi connectivity index (χ0n) is 30.8. The average molecular weight is 711 g/mol. The summed E-state index contributed by atoms with van der Waals surface area (Å²) in [4.78, 5) is 35.1. The van der Waals surface area contributed by atoms with Crippen LogP contribution in [0, 0.1) is 0 Å². The highest BCUT2D eigenvalue weighted by Crippen LogP contribution is 2.48. The van der Waals surface area contributed by atoms with Crippen LogP contribution in [-0.2, 0) is 16.2 Å². The van der Waals surface area contributed by atoms with E-state index in [2.05, 4.69) is 57.0 Å². The van der Waals surface area contributed by atoms with E-state index in [1.165, 1.54) is 0 Å². The Bertz CT molecular complexity index is 2130. The maximum Gasteiger partial charge on any atom is 0.414 e. The fraction of sp³-hybridized carbons (Fsp3) is 0.333. The number of fused-ring (bicyclic) bond motifs is 6. The highest BCUT2D eigenvalue weighted by molar-refractivity contribution is 6.04. The number of hydrogen-bond acceptors (Lipinski definition) is 6. The number of carbonyl (C=O) groups excluding carboxylic acids is 1. The molecule has 1 aliphatic carbocycles. The van der Waals surface area contributed by atoms with Crippen LogP contribution in [0.25, 0.3) is 21.9 Å². The summed E-state index contributed by atoms with van der Waals surface area (Å²) in [7, 11) is 0. The SMILES string of the molecule is CC1(C)CCCC(C)(C)N1OCC1CN(C(=O)OCC2c3ccccc3-c3ccccc32)c2cc(OCc3ccccc3)c3ccc(C(=O)O)cc3c21. The Balaban J connectivity index is 1.17. The van der Waals surface area contributed by atoms with Gasteiger partial charge in [-0.05, 0) is 104 Å². The van der Waals surface area contributed by atoms with Gasteiger partial charge in [-0.3, -0.25) is 9.74 Å². The van der Waals surface area contributed by atoms with Gasteiger partial charge in [0.25, 0.3) is 0 Å². The van der Waals surface area contributed by atoms with Crippen molar-refractivity contribution in [3.63, 3.8) is 0 Å². The molecule has 1 unspecified atom stereocenters. The molecule has 0 spiro atoms. The normalized spacial score (nSPS) is 18.7. The number of amides is 1. The standard InChI is InChI=1S/C45H46N2O6/c1-44(2)21-12-22-45(3,4)47(44)53-27-31-25-46(43(50)52-28-38-34-17-10-8-15-32(34)33-16-9-11-18-35(33)38)39-24-40(51-26-29-13-6-5-7-14-29)36-20-19-30(42(48)49)23-37(36)41(31)39/h5-11,13-20,23-24,31,38H,12,21-22,25-28H2,1-4H3,(H,48,49). The fourth-order valence-corrected chi connectivity index (χ4v) is 8.92. The van der Waals surface area contributed by atoms with E-state index in [0.717, 1.165) is 63.4 Å². The molecule has 53 heavy (non-hydrogen) atoms. The van der Waals surface area contributed by atoms with Gasteiger partial charge in [0.15, 0.2) is 0 Å². The van der Waals surface area contributed by atoms with Gasteiger partial charge in [-0.15, -0.1) is 0 Å². The summed E-state index contributed by atoms with van der Waals surface area (Å²) >= 11 is 0. The zero-order valence-corrected chi connectivity index (χ0v) is 30.8. The van der Waals surface area contributed by atoms with Crippen LogP contribution in [0.4, 0.5) is 10.5 Å². The molecule has 1 amide bonds. The van der Waals surface area contributed by atoms with Crippen LogP contribution in [0.5, 0.6) is 5.75 Å². The fourth-order valence-electron chi connectivity index (χ4n) is 8.92. The molecule has 1 fully saturated rings. The summed E-state index contributed by atoms with van der Waals surface area (Å²) in [6, 6.07) is 33.5. The molecule has 1 saturated heterocycles. The topological polar surface area (TPSA) is 88.5 Å². The van der Waals surface area contributed by atoms with Crippen molar-refractivity contribution >= 4 is 28.5 Å². The molecule has 272 valence electrons. The highest BCUT2D eigenvalue weighted by Gasteiger charge is 2.44. The Morgan fingerprint density at radius 3 is 2.08 bits per heavy atom. The summed E-state index contributed by atoms with van der Waals surface area (Å²) in [5.74, 6) is -0.799. The first-order valence-electron chi connectivity index (χ1n) is 18.6. The van der Waals surface area contributed by atoms with Gasteiger partial charge in [-0.1, -0.05) is 78.9 Å². The van der Waals surface area contributed by atoms with Gasteiger partial charge in [0.2, 0.25) is 0 Å². The van der Waals surface area contributed by atoms with Crippen LogP contribution in [0.3, 0.4) is 0 Å². The van der Waals surface area contributed by atoms with Crippen LogP contribution >= 0.6 is 0 Å². The number of carboxylic acids is 1. The summed E-state index contributed by atoms with van der Waals surface area (Å²) < 4.78 is 12.7. The molecule has 2 aliphatic heterocycles. The summed E-state index contributed by atoms with van der Waals surface area (Å²) in [6.07, 6.45) is 2.68. The number of rotatable bonds is 9. The van der Waals surface area contributed by atoms with E-state index in [4.69, 9.17) is 14.3 Å². The largest absolute Gasteiger partial charge is 0.488 e. The minimum absolute atomic E-state index is 0.0874. The van der Waals surface area contributed by atoms with E-state index in [1.807, 2.05) is 66.7 Å². The third kappa shape index (κ3) is 6.44. The molecule has 1 atom stereocenters. The van der Waals surface area contributed by atoms with E-state index < -0.39 is 12.1 Å². The Labute approximate surface area is 310 Å². The number of nitrogens with zero attached hydrogens (tertiary/aromatic N) is 2. The van der Waals surface area contributed by atoms with Crippen LogP contribution in [0.15, 0.2) is 103 Å². The summed E-state index contributed by atoms with van der Waals surface area (Å²) in [5.41, 5.74) is 6.92. The van der Waals surface area contributed by atoms with Gasteiger partial charge in [0.1, 0.15) is 19.0 Å². The minimum Gasteiger partial charge on any atom is -0.488 e. The molecule has 1 N–H and O–H groups in total. The maximum atomic E-state index is 14.4. The molecular weight excluding hydrogens is 665 g/mol. The van der Waals surface area contributed by atoms with Gasteiger partial charge in [0.05, 0.1) is 17.9 Å². The summed E-state index contributed by atoms with van der Waals surface area (Å²) in [5, 5.41) is 13.7. The lowest BCUT2D eigenvalue weighted by atomic mass is 9.82. The number of carboxylic acid groups (broad SMARTS) is 1. The first-order chi connectivity index (χ1) is 25.5. The predicted molar refractivity (Wildman–Crippen MR) is 207 cm³/mol. The van der Waals surface area contributed by atoms with Crippen molar-refractivity contribution in [2.45, 2.75) is 76.5 Å². The van der Waals surface area contributed by atoms with Gasteiger partial charge in [-0.2, -0.15) is 5.06 Å². The predicted octanol–water partition coefficient (Wildman–Crippen LogP) is 9.94. The van der Waals surface area contributed by atoms with Crippen molar-refractivity contribution in [2.24, 2.45) is 0 Å². The van der Waals surface area contributed by atoms with E-state index in [1.54, 1.807) is 17.0 Å².